The van der Waals surface area contributed by atoms with E-state index in [0.717, 1.165) is 17.1 Å². The Balaban J connectivity index is 1.76. The molecular weight excluding hydrogens is 352 g/mol. The number of halogens is 1. The number of amides is 2. The number of nitrogens with one attached hydrogen (secondary N) is 2. The molecule has 0 saturated heterocycles. The second-order valence-corrected chi connectivity index (χ2v) is 6.12. The van der Waals surface area contributed by atoms with Crippen molar-refractivity contribution in [3.63, 3.8) is 0 Å². The van der Waals surface area contributed by atoms with Gasteiger partial charge in [0.25, 0.3) is 11.8 Å². The number of pyridine rings is 1. The number of carbonyl (C=O) groups is 2. The molecule has 0 aliphatic rings. The van der Waals surface area contributed by atoms with Crippen molar-refractivity contribution < 1.29 is 9.59 Å². The topological polar surface area (TPSA) is 76.0 Å². The lowest BCUT2D eigenvalue weighted by atomic mass is 10.2. The minimum absolute atomic E-state index is 0.204. The van der Waals surface area contributed by atoms with Crippen molar-refractivity contribution in [2.45, 2.75) is 13.8 Å². The molecule has 26 heavy (non-hydrogen) atoms. The molecule has 7 heteroatoms. The van der Waals surface area contributed by atoms with Gasteiger partial charge in [-0.3, -0.25) is 20.4 Å². The van der Waals surface area contributed by atoms with Crippen molar-refractivity contribution in [1.29, 1.82) is 0 Å². The van der Waals surface area contributed by atoms with Crippen LogP contribution in [0, 0.1) is 13.8 Å². The lowest BCUT2D eigenvalue weighted by Crippen LogP contribution is -2.41. The average Bonchev–Trinajstić information content (AvgIpc) is 2.94. The Labute approximate surface area is 155 Å². The summed E-state index contributed by atoms with van der Waals surface area (Å²) in [5, 5.41) is 0.204. The zero-order chi connectivity index (χ0) is 18.7. The minimum atomic E-state index is -0.473. The molecule has 6 nitrogen and oxygen atoms in total. The summed E-state index contributed by atoms with van der Waals surface area (Å²) in [4.78, 5) is 28.4. The predicted octanol–water partition coefficient (Wildman–Crippen LogP) is 3.22. The van der Waals surface area contributed by atoms with E-state index in [-0.39, 0.29) is 5.15 Å². The molecule has 0 radical (unpaired) electrons. The SMILES string of the molecule is Cc1cc(C(=O)NNC(=O)c2ccnc(Cl)c2)c(C)n1-c1ccccc1. The van der Waals surface area contributed by atoms with Gasteiger partial charge in [-0.15, -0.1) is 0 Å². The molecule has 2 aromatic heterocycles. The smallest absolute Gasteiger partial charge is 0.271 e. The fourth-order valence-electron chi connectivity index (χ4n) is 2.76. The highest BCUT2D eigenvalue weighted by Crippen LogP contribution is 2.20. The normalized spacial score (nSPS) is 10.4. The van der Waals surface area contributed by atoms with E-state index in [9.17, 15) is 9.59 Å². The molecule has 2 N–H and O–H groups in total. The lowest BCUT2D eigenvalue weighted by Gasteiger charge is -2.10. The van der Waals surface area contributed by atoms with Gasteiger partial charge in [-0.1, -0.05) is 29.8 Å². The van der Waals surface area contributed by atoms with Crippen LogP contribution in [0.1, 0.15) is 32.1 Å². The number of rotatable bonds is 3. The largest absolute Gasteiger partial charge is 0.318 e. The molecule has 1 aromatic carbocycles. The highest BCUT2D eigenvalue weighted by atomic mass is 35.5. The van der Waals surface area contributed by atoms with Crippen LogP contribution < -0.4 is 10.9 Å². The summed E-state index contributed by atoms with van der Waals surface area (Å²) in [5.74, 6) is -0.867. The molecule has 3 rings (SSSR count). The van der Waals surface area contributed by atoms with E-state index in [4.69, 9.17) is 11.6 Å². The molecule has 2 heterocycles. The van der Waals surface area contributed by atoms with Gasteiger partial charge in [-0.25, -0.2) is 4.98 Å². The van der Waals surface area contributed by atoms with Crippen molar-refractivity contribution in [1.82, 2.24) is 20.4 Å². The summed E-state index contributed by atoms with van der Waals surface area (Å²) in [6.07, 6.45) is 1.42. The van der Waals surface area contributed by atoms with Gasteiger partial charge in [0, 0.05) is 28.8 Å². The number of hydrogen-bond donors (Lipinski definition) is 2. The Hall–Kier alpha value is -3.12. The molecule has 3 aromatic rings. The van der Waals surface area contributed by atoms with Crippen molar-refractivity contribution in [3.8, 4) is 5.69 Å². The van der Waals surface area contributed by atoms with Gasteiger partial charge in [-0.05, 0) is 44.2 Å². The maximum Gasteiger partial charge on any atom is 0.271 e. The average molecular weight is 369 g/mol. The Bertz CT molecular complexity index is 967. The predicted molar refractivity (Wildman–Crippen MR) is 99.4 cm³/mol. The van der Waals surface area contributed by atoms with Crippen LogP contribution in [0.5, 0.6) is 0 Å². The van der Waals surface area contributed by atoms with Crippen LogP contribution in [0.25, 0.3) is 5.69 Å². The summed E-state index contributed by atoms with van der Waals surface area (Å²) in [7, 11) is 0. The van der Waals surface area contributed by atoms with Gasteiger partial charge in [0.15, 0.2) is 0 Å². The number of nitrogens with zero attached hydrogens (tertiary/aromatic N) is 2. The first-order chi connectivity index (χ1) is 12.5. The number of carbonyl (C=O) groups excluding carboxylic acids is 2. The second kappa shape index (κ2) is 7.41. The van der Waals surface area contributed by atoms with E-state index in [1.807, 2.05) is 48.7 Å². The summed E-state index contributed by atoms with van der Waals surface area (Å²) in [6, 6.07) is 14.5. The Kier molecular flexibility index (Phi) is 5.04. The zero-order valence-electron chi connectivity index (χ0n) is 14.3. The Morgan fingerprint density at radius 1 is 1.00 bits per heavy atom. The lowest BCUT2D eigenvalue weighted by molar-refractivity contribution is 0.0846. The Morgan fingerprint density at radius 2 is 1.69 bits per heavy atom. The standard InChI is InChI=1S/C19H17ClN4O2/c1-12-10-16(13(2)24(12)15-6-4-3-5-7-15)19(26)23-22-18(25)14-8-9-21-17(20)11-14/h3-11H,1-2H3,(H,22,25)(H,23,26). The number of benzene rings is 1. The van der Waals surface area contributed by atoms with Gasteiger partial charge in [0.05, 0.1) is 5.56 Å². The highest BCUT2D eigenvalue weighted by molar-refractivity contribution is 6.29. The molecular formula is C19H17ClN4O2. The van der Waals surface area contributed by atoms with Gasteiger partial charge in [0.1, 0.15) is 5.15 Å². The second-order valence-electron chi connectivity index (χ2n) is 5.73. The third-order valence-electron chi connectivity index (χ3n) is 3.97. The van der Waals surface area contributed by atoms with Crippen molar-refractivity contribution in [3.05, 3.63) is 82.4 Å². The minimum Gasteiger partial charge on any atom is -0.318 e. The quantitative estimate of drug-likeness (QED) is 0.550. The first kappa shape index (κ1) is 17.7. The first-order valence-corrected chi connectivity index (χ1v) is 8.32. The van der Waals surface area contributed by atoms with E-state index in [2.05, 4.69) is 15.8 Å². The van der Waals surface area contributed by atoms with E-state index < -0.39 is 11.8 Å². The molecule has 0 aliphatic heterocycles. The molecule has 0 saturated carbocycles. The summed E-state index contributed by atoms with van der Waals surface area (Å²) in [6.45, 7) is 3.79. The molecule has 0 atom stereocenters. The van der Waals surface area contributed by atoms with Crippen LogP contribution in [0.2, 0.25) is 5.15 Å². The highest BCUT2D eigenvalue weighted by Gasteiger charge is 2.17. The summed E-state index contributed by atoms with van der Waals surface area (Å²) >= 11 is 5.77. The summed E-state index contributed by atoms with van der Waals surface area (Å²) in [5.41, 5.74) is 8.29. The zero-order valence-corrected chi connectivity index (χ0v) is 15.0. The maximum atomic E-state index is 12.5. The van der Waals surface area contributed by atoms with Gasteiger partial charge >= 0.3 is 0 Å². The molecule has 2 amide bonds. The van der Waals surface area contributed by atoms with Gasteiger partial charge in [-0.2, -0.15) is 0 Å². The van der Waals surface area contributed by atoms with Crippen molar-refractivity contribution in [2.24, 2.45) is 0 Å². The third-order valence-corrected chi connectivity index (χ3v) is 4.18. The van der Waals surface area contributed by atoms with Crippen molar-refractivity contribution >= 4 is 23.4 Å². The number of para-hydroxylation sites is 1. The maximum absolute atomic E-state index is 12.5. The molecule has 0 unspecified atom stereocenters. The molecule has 0 bridgehead atoms. The van der Waals surface area contributed by atoms with Crippen LogP contribution in [0.4, 0.5) is 0 Å². The van der Waals surface area contributed by atoms with E-state index in [1.54, 1.807) is 6.07 Å². The molecule has 0 aliphatic carbocycles. The monoisotopic (exact) mass is 368 g/mol. The van der Waals surface area contributed by atoms with E-state index >= 15 is 0 Å². The van der Waals surface area contributed by atoms with Crippen LogP contribution in [-0.2, 0) is 0 Å². The molecule has 132 valence electrons. The number of hydrogen-bond acceptors (Lipinski definition) is 3. The fraction of sp³-hybridized carbons (Fsp3) is 0.105. The Morgan fingerprint density at radius 3 is 2.38 bits per heavy atom. The first-order valence-electron chi connectivity index (χ1n) is 7.94. The van der Waals surface area contributed by atoms with E-state index in [0.29, 0.717) is 11.1 Å². The van der Waals surface area contributed by atoms with Crippen LogP contribution in [-0.4, -0.2) is 21.4 Å². The number of hydrazine groups is 1. The van der Waals surface area contributed by atoms with Gasteiger partial charge in [0.2, 0.25) is 0 Å². The van der Waals surface area contributed by atoms with Gasteiger partial charge < -0.3 is 4.57 Å². The third kappa shape index (κ3) is 3.60. The molecule has 0 spiro atoms. The van der Waals surface area contributed by atoms with Crippen LogP contribution >= 0.6 is 11.6 Å². The van der Waals surface area contributed by atoms with Crippen LogP contribution in [0.3, 0.4) is 0 Å². The van der Waals surface area contributed by atoms with Crippen molar-refractivity contribution in [2.75, 3.05) is 0 Å². The van der Waals surface area contributed by atoms with Crippen LogP contribution in [0.15, 0.2) is 54.7 Å². The fourth-order valence-corrected chi connectivity index (χ4v) is 2.94. The van der Waals surface area contributed by atoms with E-state index in [1.165, 1.54) is 18.3 Å². The summed E-state index contributed by atoms with van der Waals surface area (Å²) < 4.78 is 1.99. The number of aromatic nitrogens is 2. The number of aryl methyl sites for hydroxylation is 1. The molecule has 0 fully saturated rings.